The summed E-state index contributed by atoms with van der Waals surface area (Å²) in [6.45, 7) is 6.45. The van der Waals surface area contributed by atoms with Gasteiger partial charge in [-0.15, -0.1) is 11.3 Å². The minimum atomic E-state index is -0.167. The highest BCUT2D eigenvalue weighted by Gasteiger charge is 2.35. The quantitative estimate of drug-likeness (QED) is 0.898. The number of ether oxygens (including phenoxy) is 1. The number of rotatable bonds is 5. The van der Waals surface area contributed by atoms with E-state index in [0.717, 1.165) is 43.2 Å². The van der Waals surface area contributed by atoms with E-state index >= 15 is 0 Å². The van der Waals surface area contributed by atoms with Crippen LogP contribution in [0.5, 0.6) is 0 Å². The first-order chi connectivity index (χ1) is 11.1. The van der Waals surface area contributed by atoms with Crippen molar-refractivity contribution in [2.24, 2.45) is 0 Å². The van der Waals surface area contributed by atoms with Crippen LogP contribution in [0.2, 0.25) is 0 Å². The maximum Gasteiger partial charge on any atom is 0.123 e. The molecule has 1 saturated heterocycles. The molecule has 0 saturated carbocycles. The van der Waals surface area contributed by atoms with Gasteiger partial charge in [-0.05, 0) is 44.4 Å². The molecule has 1 aromatic heterocycles. The van der Waals surface area contributed by atoms with E-state index in [1.165, 1.54) is 10.9 Å². The fraction of sp³-hybridized carbons (Fsp3) is 0.500. The number of hydrogen-bond acceptors (Lipinski definition) is 4. The first-order valence-electron chi connectivity index (χ1n) is 8.09. The molecule has 1 fully saturated rings. The van der Waals surface area contributed by atoms with E-state index in [1.54, 1.807) is 23.5 Å². The molecule has 0 radical (unpaired) electrons. The summed E-state index contributed by atoms with van der Waals surface area (Å²) in [5, 5.41) is 4.72. The van der Waals surface area contributed by atoms with Crippen molar-refractivity contribution in [3.63, 3.8) is 0 Å². The van der Waals surface area contributed by atoms with Gasteiger partial charge in [0.15, 0.2) is 0 Å². The molecule has 1 aliphatic rings. The first-order valence-corrected chi connectivity index (χ1v) is 8.90. The van der Waals surface area contributed by atoms with E-state index in [2.05, 4.69) is 17.2 Å². The third-order valence-corrected chi connectivity index (χ3v) is 5.79. The largest absolute Gasteiger partial charge is 0.381 e. The van der Waals surface area contributed by atoms with Gasteiger partial charge in [0, 0.05) is 42.3 Å². The Labute approximate surface area is 140 Å². The lowest BCUT2D eigenvalue weighted by molar-refractivity contribution is 0.0489. The van der Waals surface area contributed by atoms with Crippen molar-refractivity contribution in [1.29, 1.82) is 0 Å². The molecule has 0 aliphatic carbocycles. The molecule has 23 heavy (non-hydrogen) atoms. The molecule has 1 N–H and O–H groups in total. The van der Waals surface area contributed by atoms with Crippen molar-refractivity contribution < 1.29 is 9.13 Å². The van der Waals surface area contributed by atoms with E-state index < -0.39 is 0 Å². The number of aryl methyl sites for hydroxylation is 1. The fourth-order valence-corrected chi connectivity index (χ4v) is 3.99. The average molecular weight is 334 g/mol. The van der Waals surface area contributed by atoms with E-state index in [-0.39, 0.29) is 17.3 Å². The molecule has 2 heterocycles. The van der Waals surface area contributed by atoms with Gasteiger partial charge < -0.3 is 10.1 Å². The van der Waals surface area contributed by atoms with Crippen LogP contribution in [-0.2, 0) is 10.2 Å². The minimum absolute atomic E-state index is 0.0612. The Kier molecular flexibility index (Phi) is 5.09. The van der Waals surface area contributed by atoms with Crippen LogP contribution >= 0.6 is 11.3 Å². The van der Waals surface area contributed by atoms with Gasteiger partial charge in [-0.3, -0.25) is 0 Å². The van der Waals surface area contributed by atoms with E-state index in [0.29, 0.717) is 0 Å². The van der Waals surface area contributed by atoms with Gasteiger partial charge in [0.1, 0.15) is 5.82 Å². The Morgan fingerprint density at radius 2 is 2.17 bits per heavy atom. The van der Waals surface area contributed by atoms with Gasteiger partial charge in [-0.1, -0.05) is 12.1 Å². The lowest BCUT2D eigenvalue weighted by atomic mass is 9.74. The Balaban J connectivity index is 1.77. The van der Waals surface area contributed by atoms with Crippen LogP contribution in [0.4, 0.5) is 4.39 Å². The lowest BCUT2D eigenvalue weighted by Crippen LogP contribution is -2.43. The normalized spacial score (nSPS) is 18.7. The topological polar surface area (TPSA) is 34.2 Å². The second-order valence-corrected chi connectivity index (χ2v) is 7.55. The smallest absolute Gasteiger partial charge is 0.123 e. The van der Waals surface area contributed by atoms with Gasteiger partial charge >= 0.3 is 0 Å². The second-order valence-electron chi connectivity index (χ2n) is 6.29. The van der Waals surface area contributed by atoms with Crippen molar-refractivity contribution in [2.45, 2.75) is 38.1 Å². The SMILES string of the molecule is Cc1ncc(C(C)NCC2(c3cccc(F)c3)CCOCC2)s1. The summed E-state index contributed by atoms with van der Waals surface area (Å²) in [6, 6.07) is 7.27. The lowest BCUT2D eigenvalue weighted by Gasteiger charge is -2.38. The van der Waals surface area contributed by atoms with Gasteiger partial charge in [-0.25, -0.2) is 9.37 Å². The predicted octanol–water partition coefficient (Wildman–Crippen LogP) is 3.99. The highest BCUT2D eigenvalue weighted by Crippen LogP contribution is 2.35. The molecule has 1 aromatic carbocycles. The zero-order valence-electron chi connectivity index (χ0n) is 13.6. The molecule has 5 heteroatoms. The summed E-state index contributed by atoms with van der Waals surface area (Å²) in [4.78, 5) is 5.57. The number of hydrogen-bond donors (Lipinski definition) is 1. The average Bonchev–Trinajstić information content (AvgIpc) is 3.00. The van der Waals surface area contributed by atoms with Crippen molar-refractivity contribution in [3.05, 3.63) is 51.7 Å². The summed E-state index contributed by atoms with van der Waals surface area (Å²) in [7, 11) is 0. The highest BCUT2D eigenvalue weighted by molar-refractivity contribution is 7.11. The number of aromatic nitrogens is 1. The fourth-order valence-electron chi connectivity index (χ4n) is 3.18. The minimum Gasteiger partial charge on any atom is -0.381 e. The predicted molar refractivity (Wildman–Crippen MR) is 91.4 cm³/mol. The Hall–Kier alpha value is -1.30. The number of thiazole rings is 1. The van der Waals surface area contributed by atoms with Crippen molar-refractivity contribution in [1.82, 2.24) is 10.3 Å². The number of halogens is 1. The highest BCUT2D eigenvalue weighted by atomic mass is 32.1. The third-order valence-electron chi connectivity index (χ3n) is 4.70. The standard InChI is InChI=1S/C18H23FN2OS/c1-13(17-11-20-14(2)23-17)21-12-18(6-8-22-9-7-18)15-4-3-5-16(19)10-15/h3-5,10-11,13,21H,6-9,12H2,1-2H3. The third kappa shape index (κ3) is 3.79. The Bertz CT molecular complexity index is 652. The molecule has 1 aliphatic heterocycles. The summed E-state index contributed by atoms with van der Waals surface area (Å²) < 4.78 is 19.2. The van der Waals surface area contributed by atoms with E-state index in [9.17, 15) is 4.39 Å². The molecule has 0 bridgehead atoms. The molecule has 0 amide bonds. The molecule has 2 aromatic rings. The van der Waals surface area contributed by atoms with Crippen molar-refractivity contribution in [3.8, 4) is 0 Å². The van der Waals surface area contributed by atoms with Crippen LogP contribution in [0.3, 0.4) is 0 Å². The zero-order chi connectivity index (χ0) is 16.3. The zero-order valence-corrected chi connectivity index (χ0v) is 14.5. The van der Waals surface area contributed by atoms with E-state index in [1.807, 2.05) is 19.2 Å². The second kappa shape index (κ2) is 7.07. The molecule has 3 nitrogen and oxygen atoms in total. The molecular weight excluding hydrogens is 311 g/mol. The van der Waals surface area contributed by atoms with Crippen LogP contribution < -0.4 is 5.32 Å². The van der Waals surface area contributed by atoms with Crippen molar-refractivity contribution in [2.75, 3.05) is 19.8 Å². The summed E-state index contributed by atoms with van der Waals surface area (Å²) in [5.41, 5.74) is 1.01. The summed E-state index contributed by atoms with van der Waals surface area (Å²) in [5.74, 6) is -0.167. The number of nitrogens with one attached hydrogen (secondary N) is 1. The molecular formula is C18H23FN2OS. The number of nitrogens with zero attached hydrogens (tertiary/aromatic N) is 1. The Morgan fingerprint density at radius 3 is 2.83 bits per heavy atom. The van der Waals surface area contributed by atoms with Gasteiger partial charge in [-0.2, -0.15) is 0 Å². The molecule has 124 valence electrons. The first kappa shape index (κ1) is 16.6. The molecule has 1 unspecified atom stereocenters. The van der Waals surface area contributed by atoms with Crippen LogP contribution in [0.15, 0.2) is 30.5 Å². The van der Waals surface area contributed by atoms with Crippen LogP contribution in [0, 0.1) is 12.7 Å². The van der Waals surface area contributed by atoms with Gasteiger partial charge in [0.25, 0.3) is 0 Å². The molecule has 1 atom stereocenters. The maximum absolute atomic E-state index is 13.7. The monoisotopic (exact) mass is 334 g/mol. The van der Waals surface area contributed by atoms with Gasteiger partial charge in [0.2, 0.25) is 0 Å². The van der Waals surface area contributed by atoms with Crippen LogP contribution in [0.25, 0.3) is 0 Å². The Morgan fingerprint density at radius 1 is 1.39 bits per heavy atom. The van der Waals surface area contributed by atoms with Crippen LogP contribution in [0.1, 0.15) is 41.3 Å². The molecule has 3 rings (SSSR count). The summed E-state index contributed by atoms with van der Waals surface area (Å²) >= 11 is 1.72. The molecule has 0 spiro atoms. The van der Waals surface area contributed by atoms with Crippen molar-refractivity contribution >= 4 is 11.3 Å². The maximum atomic E-state index is 13.7. The van der Waals surface area contributed by atoms with Crippen LogP contribution in [-0.4, -0.2) is 24.7 Å². The summed E-state index contributed by atoms with van der Waals surface area (Å²) in [6.07, 6.45) is 3.77. The van der Waals surface area contributed by atoms with E-state index in [4.69, 9.17) is 4.74 Å². The number of benzene rings is 1. The van der Waals surface area contributed by atoms with Gasteiger partial charge in [0.05, 0.1) is 5.01 Å².